The Morgan fingerprint density at radius 1 is 0.920 bits per heavy atom. The van der Waals surface area contributed by atoms with Gasteiger partial charge in [0.2, 0.25) is 0 Å². The summed E-state index contributed by atoms with van der Waals surface area (Å²) >= 11 is 0. The van der Waals surface area contributed by atoms with Gasteiger partial charge >= 0.3 is 13.0 Å². The average molecular weight is 862 g/mol. The van der Waals surface area contributed by atoms with E-state index < -0.39 is 11.9 Å². The minimum atomic E-state index is -4.56. The standard InChI is InChI=1S/C21H15BF3N3.C19H32O2.Ir/c1-12-6-3-7-13(2)18(12)22-15-9-4-8-14-17(15)19(16-10-5-11-28(16)22)26-27-20(14)21(23,24)25;1-18(2)9-5-14(6-10-18)16(20)13-17(21)15-7-11-19(3,4)12-8-15;/h3-4,6-9,11H,5H2,1-2H3;13-15,20H,5-12H2,1-4H3;/b;16-13-;. The summed E-state index contributed by atoms with van der Waals surface area (Å²) in [7, 11) is 0. The topological polar surface area (TPSA) is 66.1 Å². The number of aliphatic hydroxyl groups excluding tert-OH is 1. The molecule has 2 fully saturated rings. The van der Waals surface area contributed by atoms with Crippen molar-refractivity contribution in [3.63, 3.8) is 0 Å². The maximum atomic E-state index is 13.6. The number of nitrogens with zero attached hydrogens (tertiary/aromatic N) is 3. The van der Waals surface area contributed by atoms with Crippen LogP contribution in [0.15, 0.2) is 48.2 Å². The van der Waals surface area contributed by atoms with Crippen molar-refractivity contribution in [2.24, 2.45) is 22.7 Å². The fraction of sp³-hybridized carbons (Fsp3) is 0.500. The average Bonchev–Trinajstić information content (AvgIpc) is 3.52. The second kappa shape index (κ2) is 14.5. The van der Waals surface area contributed by atoms with E-state index in [2.05, 4.69) is 48.5 Å². The second-order valence-electron chi connectivity index (χ2n) is 16.0. The van der Waals surface area contributed by atoms with E-state index >= 15 is 0 Å². The summed E-state index contributed by atoms with van der Waals surface area (Å²) in [6.07, 6.45) is 11.4. The first-order chi connectivity index (χ1) is 23.1. The number of ketones is 1. The Bertz CT molecular complexity index is 1840. The molecule has 2 aromatic carbocycles. The third kappa shape index (κ3) is 7.72. The molecule has 4 aliphatic rings. The van der Waals surface area contributed by atoms with E-state index in [4.69, 9.17) is 0 Å². The molecular weight excluding hydrogens is 814 g/mol. The van der Waals surface area contributed by atoms with Crippen molar-refractivity contribution >= 4 is 46.2 Å². The Labute approximate surface area is 308 Å². The Hall–Kier alpha value is -3.10. The number of benzene rings is 2. The summed E-state index contributed by atoms with van der Waals surface area (Å²) in [6, 6.07) is 11.1. The first kappa shape index (κ1) is 38.1. The molecule has 2 aliphatic carbocycles. The monoisotopic (exact) mass is 862 g/mol. The maximum Gasteiger partial charge on any atom is 0.556 e. The molecule has 267 valence electrons. The van der Waals surface area contributed by atoms with Crippen molar-refractivity contribution in [2.75, 3.05) is 0 Å². The quantitative estimate of drug-likeness (QED) is 0.124. The molecular formula is C40H47BF3IrN3O2. The molecule has 1 N–H and O–H groups in total. The fourth-order valence-electron chi connectivity index (χ4n) is 8.17. The minimum Gasteiger partial charge on any atom is -0.512 e. The molecule has 0 amide bonds. The van der Waals surface area contributed by atoms with E-state index in [1.54, 1.807) is 12.1 Å². The van der Waals surface area contributed by atoms with Crippen molar-refractivity contribution < 1.29 is 47.7 Å². The first-order valence-electron chi connectivity index (χ1n) is 17.7. The molecule has 3 aromatic rings. The smallest absolute Gasteiger partial charge is 0.512 e. The zero-order valence-electron chi connectivity index (χ0n) is 29.9. The van der Waals surface area contributed by atoms with Crippen LogP contribution in [0.25, 0.3) is 16.5 Å². The van der Waals surface area contributed by atoms with Crippen LogP contribution in [0, 0.1) is 42.6 Å². The van der Waals surface area contributed by atoms with E-state index in [9.17, 15) is 23.1 Å². The SMILES string of the molecule is CC1(C)CCC(C(=O)/C=C(\O)C2CCC(C)(C)CC2)CC1.Cc1cccc(C)c1B1c2cccc3c(C(F)(F)F)nnc(c23)C2=[C-]CC=[N+]12.[Ir]. The van der Waals surface area contributed by atoms with Gasteiger partial charge in [-0.25, -0.2) is 5.10 Å². The minimum absolute atomic E-state index is 0. The predicted octanol–water partition coefficient (Wildman–Crippen LogP) is 8.44. The van der Waals surface area contributed by atoms with Crippen molar-refractivity contribution in [1.29, 1.82) is 0 Å². The van der Waals surface area contributed by atoms with Gasteiger partial charge in [-0.3, -0.25) is 4.79 Å². The number of aliphatic hydroxyl groups is 1. The maximum absolute atomic E-state index is 13.6. The number of hydrogen-bond donors (Lipinski definition) is 1. The van der Waals surface area contributed by atoms with Crippen LogP contribution in [0.4, 0.5) is 13.2 Å². The van der Waals surface area contributed by atoms with Gasteiger partial charge in [-0.1, -0.05) is 69.5 Å². The van der Waals surface area contributed by atoms with Crippen LogP contribution in [0.1, 0.15) is 108 Å². The molecule has 2 saturated carbocycles. The molecule has 10 heteroatoms. The van der Waals surface area contributed by atoms with Gasteiger partial charge in [0.15, 0.2) is 11.5 Å². The Morgan fingerprint density at radius 2 is 1.48 bits per heavy atom. The van der Waals surface area contributed by atoms with E-state index in [1.165, 1.54) is 6.07 Å². The zero-order valence-corrected chi connectivity index (χ0v) is 32.3. The molecule has 3 heterocycles. The number of rotatable bonds is 4. The van der Waals surface area contributed by atoms with Gasteiger partial charge < -0.3 is 9.59 Å². The van der Waals surface area contributed by atoms with E-state index in [1.807, 2.05) is 44.3 Å². The Kier molecular flexibility index (Phi) is 11.1. The Morgan fingerprint density at radius 3 is 2.06 bits per heavy atom. The number of allylic oxidation sites excluding steroid dienone is 3. The molecule has 7 rings (SSSR count). The van der Waals surface area contributed by atoms with E-state index in [-0.39, 0.29) is 50.0 Å². The van der Waals surface area contributed by atoms with Gasteiger partial charge in [0, 0.05) is 54.9 Å². The van der Waals surface area contributed by atoms with Crippen LogP contribution in [-0.4, -0.2) is 38.6 Å². The zero-order chi connectivity index (χ0) is 35.3. The van der Waals surface area contributed by atoms with Gasteiger partial charge in [-0.15, -0.1) is 0 Å². The van der Waals surface area contributed by atoms with E-state index in [0.29, 0.717) is 39.8 Å². The number of hydrogen-bond acceptors (Lipinski definition) is 4. The molecule has 0 bridgehead atoms. The van der Waals surface area contributed by atoms with Crippen molar-refractivity contribution in [2.45, 2.75) is 106 Å². The number of carbonyl (C=O) groups is 1. The molecule has 2 aliphatic heterocycles. The summed E-state index contributed by atoms with van der Waals surface area (Å²) in [4.78, 5) is 12.4. The van der Waals surface area contributed by atoms with Crippen LogP contribution in [0.5, 0.6) is 0 Å². The van der Waals surface area contributed by atoms with Crippen LogP contribution in [0.2, 0.25) is 0 Å². The van der Waals surface area contributed by atoms with Gasteiger partial charge in [0.25, 0.3) is 0 Å². The molecule has 0 atom stereocenters. The van der Waals surface area contributed by atoms with Crippen LogP contribution in [0.3, 0.4) is 0 Å². The Balaban J connectivity index is 0.000000199. The number of aryl methyl sites for hydroxylation is 2. The van der Waals surface area contributed by atoms with Gasteiger partial charge in [-0.05, 0) is 104 Å². The molecule has 0 spiro atoms. The number of halogens is 3. The van der Waals surface area contributed by atoms with Crippen molar-refractivity contribution in [3.8, 4) is 0 Å². The first-order valence-corrected chi connectivity index (χ1v) is 17.7. The summed E-state index contributed by atoms with van der Waals surface area (Å²) in [5.74, 6) is 0.857. The van der Waals surface area contributed by atoms with Crippen LogP contribution in [-0.2, 0) is 31.1 Å². The number of alkyl halides is 3. The molecule has 0 saturated heterocycles. The fourth-order valence-corrected chi connectivity index (χ4v) is 8.17. The summed E-state index contributed by atoms with van der Waals surface area (Å²) < 4.78 is 42.8. The van der Waals surface area contributed by atoms with E-state index in [0.717, 1.165) is 73.4 Å². The number of carbonyl (C=O) groups excluding carboxylic acids is 1. The largest absolute Gasteiger partial charge is 0.556 e. The van der Waals surface area contributed by atoms with Crippen LogP contribution >= 0.6 is 0 Å². The van der Waals surface area contributed by atoms with Gasteiger partial charge in [0.1, 0.15) is 6.21 Å². The molecule has 1 radical (unpaired) electrons. The third-order valence-electron chi connectivity index (χ3n) is 11.3. The summed E-state index contributed by atoms with van der Waals surface area (Å²) in [5, 5.41) is 18.4. The van der Waals surface area contributed by atoms with Crippen LogP contribution < -0.4 is 10.9 Å². The number of fused-ring (bicyclic) bond motifs is 2. The molecule has 50 heavy (non-hydrogen) atoms. The third-order valence-corrected chi connectivity index (χ3v) is 11.3. The molecule has 5 nitrogen and oxygen atoms in total. The second-order valence-corrected chi connectivity index (χ2v) is 16.0. The summed E-state index contributed by atoms with van der Waals surface area (Å²) in [6.45, 7) is 13.0. The summed E-state index contributed by atoms with van der Waals surface area (Å²) in [5.41, 5.74) is 5.13. The molecule has 1 aromatic heterocycles. The van der Waals surface area contributed by atoms with Gasteiger partial charge in [-0.2, -0.15) is 24.3 Å². The van der Waals surface area contributed by atoms with Crippen molar-refractivity contribution in [1.82, 2.24) is 10.2 Å². The predicted molar refractivity (Wildman–Crippen MR) is 190 cm³/mol. The normalized spacial score (nSPS) is 20.3. The molecule has 0 unspecified atom stereocenters. The number of aromatic nitrogens is 2. The van der Waals surface area contributed by atoms with Gasteiger partial charge in [0.05, 0.1) is 5.76 Å². The van der Waals surface area contributed by atoms with Crippen molar-refractivity contribution in [3.05, 3.63) is 76.8 Å².